The van der Waals surface area contributed by atoms with Crippen LogP contribution in [-0.4, -0.2) is 17.6 Å². The molecule has 0 amide bonds. The van der Waals surface area contributed by atoms with Gasteiger partial charge in [-0.15, -0.1) is 11.3 Å². The summed E-state index contributed by atoms with van der Waals surface area (Å²) in [5.74, 6) is 0. The van der Waals surface area contributed by atoms with E-state index in [1.54, 1.807) is 11.3 Å². The minimum atomic E-state index is 0.373. The first-order valence-corrected chi connectivity index (χ1v) is 7.64. The monoisotopic (exact) mass is 252 g/mol. The molecule has 2 nitrogen and oxygen atoms in total. The number of aryl methyl sites for hydroxylation is 1. The highest BCUT2D eigenvalue weighted by Gasteiger charge is 2.28. The molecule has 17 heavy (non-hydrogen) atoms. The van der Waals surface area contributed by atoms with E-state index in [-0.39, 0.29) is 0 Å². The molecule has 1 heterocycles. The van der Waals surface area contributed by atoms with Crippen molar-refractivity contribution in [3.63, 3.8) is 0 Å². The molecule has 0 spiro atoms. The fourth-order valence-corrected chi connectivity index (χ4v) is 3.06. The zero-order valence-electron chi connectivity index (χ0n) is 11.3. The van der Waals surface area contributed by atoms with Gasteiger partial charge in [0.1, 0.15) is 0 Å². The molecule has 1 aliphatic rings. The first kappa shape index (κ1) is 13.0. The van der Waals surface area contributed by atoms with Crippen LogP contribution in [0, 0.1) is 12.3 Å². The van der Waals surface area contributed by atoms with Crippen LogP contribution in [0.3, 0.4) is 0 Å². The van der Waals surface area contributed by atoms with Gasteiger partial charge in [-0.1, -0.05) is 20.3 Å². The van der Waals surface area contributed by atoms with Crippen LogP contribution in [-0.2, 0) is 6.42 Å². The number of hydrogen-bond donors (Lipinski definition) is 1. The van der Waals surface area contributed by atoms with Crippen LogP contribution in [0.4, 0.5) is 0 Å². The lowest BCUT2D eigenvalue weighted by Gasteiger charge is -2.29. The molecule has 1 atom stereocenters. The molecule has 1 N–H and O–H groups in total. The van der Waals surface area contributed by atoms with Crippen molar-refractivity contribution in [3.8, 4) is 0 Å². The molecule has 0 aliphatic heterocycles. The molecule has 2 rings (SSSR count). The van der Waals surface area contributed by atoms with Crippen LogP contribution in [0.25, 0.3) is 0 Å². The Morgan fingerprint density at radius 1 is 1.53 bits per heavy atom. The van der Waals surface area contributed by atoms with Crippen molar-refractivity contribution in [2.24, 2.45) is 5.41 Å². The van der Waals surface area contributed by atoms with Gasteiger partial charge < -0.3 is 5.32 Å². The summed E-state index contributed by atoms with van der Waals surface area (Å²) in [4.78, 5) is 4.61. The van der Waals surface area contributed by atoms with E-state index in [4.69, 9.17) is 0 Å². The van der Waals surface area contributed by atoms with Crippen molar-refractivity contribution in [2.45, 2.75) is 58.9 Å². The summed E-state index contributed by atoms with van der Waals surface area (Å²) in [6, 6.07) is 0.809. The quantitative estimate of drug-likeness (QED) is 0.802. The fraction of sp³-hybridized carbons (Fsp3) is 0.786. The van der Waals surface area contributed by atoms with Gasteiger partial charge in [-0.25, -0.2) is 4.98 Å². The standard InChI is InChI=1S/C14H24N2S/c1-4-7-14(3,10-15-12-5-6-12)8-13-9-17-11(2)16-13/h9,12,15H,4-8,10H2,1-3H3. The largest absolute Gasteiger partial charge is 0.313 e. The Labute approximate surface area is 109 Å². The Morgan fingerprint density at radius 2 is 2.29 bits per heavy atom. The van der Waals surface area contributed by atoms with E-state index in [2.05, 4.69) is 36.5 Å². The van der Waals surface area contributed by atoms with Crippen molar-refractivity contribution in [1.82, 2.24) is 10.3 Å². The predicted octanol–water partition coefficient (Wildman–Crippen LogP) is 3.55. The summed E-state index contributed by atoms with van der Waals surface area (Å²) in [6.07, 6.45) is 6.40. The Kier molecular flexibility index (Phi) is 4.21. The summed E-state index contributed by atoms with van der Waals surface area (Å²) in [6.45, 7) is 7.91. The highest BCUT2D eigenvalue weighted by molar-refractivity contribution is 7.09. The van der Waals surface area contributed by atoms with Gasteiger partial charge in [-0.05, 0) is 38.0 Å². The lowest BCUT2D eigenvalue weighted by molar-refractivity contribution is 0.272. The van der Waals surface area contributed by atoms with Crippen LogP contribution < -0.4 is 5.32 Å². The fourth-order valence-electron chi connectivity index (χ4n) is 2.45. The van der Waals surface area contributed by atoms with Crippen molar-refractivity contribution < 1.29 is 0 Å². The topological polar surface area (TPSA) is 24.9 Å². The highest BCUT2D eigenvalue weighted by atomic mass is 32.1. The van der Waals surface area contributed by atoms with E-state index >= 15 is 0 Å². The Balaban J connectivity index is 1.93. The highest BCUT2D eigenvalue weighted by Crippen LogP contribution is 2.30. The Morgan fingerprint density at radius 3 is 2.82 bits per heavy atom. The second kappa shape index (κ2) is 5.49. The molecule has 1 fully saturated rings. The first-order valence-electron chi connectivity index (χ1n) is 6.76. The Hall–Kier alpha value is -0.410. The maximum absolute atomic E-state index is 4.61. The lowest BCUT2D eigenvalue weighted by atomic mass is 9.81. The van der Waals surface area contributed by atoms with Crippen molar-refractivity contribution >= 4 is 11.3 Å². The number of rotatable bonds is 7. The first-order chi connectivity index (χ1) is 8.11. The molecule has 96 valence electrons. The zero-order chi connectivity index (χ0) is 12.3. The van der Waals surface area contributed by atoms with E-state index in [1.165, 1.54) is 36.4 Å². The number of nitrogens with zero attached hydrogens (tertiary/aromatic N) is 1. The lowest BCUT2D eigenvalue weighted by Crippen LogP contribution is -2.35. The van der Waals surface area contributed by atoms with E-state index in [0.717, 1.165) is 19.0 Å². The van der Waals surface area contributed by atoms with Crippen LogP contribution in [0.1, 0.15) is 50.2 Å². The third kappa shape index (κ3) is 4.07. The minimum absolute atomic E-state index is 0.373. The normalized spacial score (nSPS) is 19.2. The van der Waals surface area contributed by atoms with E-state index in [9.17, 15) is 0 Å². The molecule has 0 radical (unpaired) electrons. The van der Waals surface area contributed by atoms with Gasteiger partial charge in [-0.3, -0.25) is 0 Å². The number of thiazole rings is 1. The van der Waals surface area contributed by atoms with Crippen LogP contribution >= 0.6 is 11.3 Å². The maximum Gasteiger partial charge on any atom is 0.0897 e. The number of hydrogen-bond acceptors (Lipinski definition) is 3. The van der Waals surface area contributed by atoms with Gasteiger partial charge in [0, 0.05) is 18.0 Å². The van der Waals surface area contributed by atoms with Crippen molar-refractivity contribution in [1.29, 1.82) is 0 Å². The van der Waals surface area contributed by atoms with Crippen LogP contribution in [0.5, 0.6) is 0 Å². The van der Waals surface area contributed by atoms with Gasteiger partial charge in [0.25, 0.3) is 0 Å². The Bertz CT molecular complexity index is 357. The molecule has 3 heteroatoms. The molecular weight excluding hydrogens is 228 g/mol. The van der Waals surface area contributed by atoms with Crippen LogP contribution in [0.2, 0.25) is 0 Å². The molecule has 1 saturated carbocycles. The smallest absolute Gasteiger partial charge is 0.0897 e. The molecule has 1 aromatic rings. The van der Waals surface area contributed by atoms with E-state index < -0.39 is 0 Å². The minimum Gasteiger partial charge on any atom is -0.313 e. The molecular formula is C14H24N2S. The molecule has 1 unspecified atom stereocenters. The molecule has 0 aromatic carbocycles. The van der Waals surface area contributed by atoms with E-state index in [0.29, 0.717) is 5.41 Å². The summed E-state index contributed by atoms with van der Waals surface area (Å²) in [5, 5.41) is 7.10. The molecule has 0 bridgehead atoms. The average molecular weight is 252 g/mol. The van der Waals surface area contributed by atoms with Gasteiger partial charge in [0.15, 0.2) is 0 Å². The number of nitrogens with one attached hydrogen (secondary N) is 1. The van der Waals surface area contributed by atoms with Gasteiger partial charge in [0.2, 0.25) is 0 Å². The average Bonchev–Trinajstić information content (AvgIpc) is 3.01. The van der Waals surface area contributed by atoms with Crippen LogP contribution in [0.15, 0.2) is 5.38 Å². The third-order valence-electron chi connectivity index (χ3n) is 3.52. The second-order valence-corrected chi connectivity index (χ2v) is 6.81. The van der Waals surface area contributed by atoms with Gasteiger partial charge in [0.05, 0.1) is 10.7 Å². The summed E-state index contributed by atoms with van der Waals surface area (Å²) in [5.41, 5.74) is 1.65. The van der Waals surface area contributed by atoms with Gasteiger partial charge in [-0.2, -0.15) is 0 Å². The van der Waals surface area contributed by atoms with E-state index in [1.807, 2.05) is 0 Å². The second-order valence-electron chi connectivity index (χ2n) is 5.75. The number of aromatic nitrogens is 1. The third-order valence-corrected chi connectivity index (χ3v) is 4.35. The molecule has 1 aromatic heterocycles. The van der Waals surface area contributed by atoms with Gasteiger partial charge >= 0.3 is 0 Å². The summed E-state index contributed by atoms with van der Waals surface area (Å²) < 4.78 is 0. The molecule has 0 saturated heterocycles. The molecule has 1 aliphatic carbocycles. The maximum atomic E-state index is 4.61. The zero-order valence-corrected chi connectivity index (χ0v) is 12.1. The SMILES string of the molecule is CCCC(C)(CNC1CC1)Cc1csc(C)n1. The van der Waals surface area contributed by atoms with Crippen molar-refractivity contribution in [3.05, 3.63) is 16.1 Å². The summed E-state index contributed by atoms with van der Waals surface area (Å²) in [7, 11) is 0. The van der Waals surface area contributed by atoms with Crippen molar-refractivity contribution in [2.75, 3.05) is 6.54 Å². The summed E-state index contributed by atoms with van der Waals surface area (Å²) >= 11 is 1.77. The predicted molar refractivity (Wildman–Crippen MR) is 74.6 cm³/mol.